The van der Waals surface area contributed by atoms with Crippen LogP contribution in [0, 0.1) is 0 Å². The van der Waals surface area contributed by atoms with E-state index in [1.165, 1.54) is 11.1 Å². The number of aliphatic carboxylic acids is 1. The Labute approximate surface area is 164 Å². The van der Waals surface area contributed by atoms with Gasteiger partial charge < -0.3 is 15.2 Å². The lowest BCUT2D eigenvalue weighted by molar-refractivity contribution is -0.142. The summed E-state index contributed by atoms with van der Waals surface area (Å²) in [6.07, 6.45) is 1.41. The van der Waals surface area contributed by atoms with Gasteiger partial charge in [0.25, 0.3) is 0 Å². The smallest absolute Gasteiger partial charge is 0.407 e. The molecule has 0 aromatic heterocycles. The number of nitrogens with one attached hydrogen (secondary N) is 1. The fraction of sp³-hybridized carbons (Fsp3) is 0.364. The van der Waals surface area contributed by atoms with Crippen LogP contribution in [-0.4, -0.2) is 54.4 Å². The van der Waals surface area contributed by atoms with Crippen molar-refractivity contribution in [2.24, 2.45) is 0 Å². The van der Waals surface area contributed by atoms with E-state index in [0.717, 1.165) is 37.1 Å². The molecule has 4 rings (SSSR count). The first-order valence-electron chi connectivity index (χ1n) is 9.71. The third-order valence-corrected chi connectivity index (χ3v) is 5.65. The van der Waals surface area contributed by atoms with Crippen molar-refractivity contribution in [2.75, 3.05) is 26.2 Å². The van der Waals surface area contributed by atoms with Crippen molar-refractivity contribution in [1.29, 1.82) is 0 Å². The van der Waals surface area contributed by atoms with E-state index in [4.69, 9.17) is 4.74 Å². The van der Waals surface area contributed by atoms with Crippen LogP contribution in [0.15, 0.2) is 48.5 Å². The zero-order chi connectivity index (χ0) is 19.5. The van der Waals surface area contributed by atoms with Crippen molar-refractivity contribution in [3.8, 4) is 11.1 Å². The Bertz CT molecular complexity index is 831. The number of alkyl carbamates (subject to hydrolysis) is 1. The van der Waals surface area contributed by atoms with Crippen molar-refractivity contribution in [3.05, 3.63) is 59.7 Å². The van der Waals surface area contributed by atoms with Crippen LogP contribution in [0.4, 0.5) is 4.79 Å². The van der Waals surface area contributed by atoms with Gasteiger partial charge in [-0.05, 0) is 48.2 Å². The van der Waals surface area contributed by atoms with Crippen LogP contribution in [0.2, 0.25) is 0 Å². The second-order valence-electron chi connectivity index (χ2n) is 7.30. The number of carbonyl (C=O) groups excluding carboxylic acids is 1. The van der Waals surface area contributed by atoms with Gasteiger partial charge in [-0.15, -0.1) is 0 Å². The van der Waals surface area contributed by atoms with Crippen LogP contribution in [0.25, 0.3) is 11.1 Å². The molecule has 0 radical (unpaired) electrons. The highest BCUT2D eigenvalue weighted by Gasteiger charge is 2.30. The molecule has 2 aromatic carbocycles. The van der Waals surface area contributed by atoms with Gasteiger partial charge in [0.2, 0.25) is 0 Å². The molecule has 1 amide bonds. The molecule has 2 N–H and O–H groups in total. The molecule has 0 spiro atoms. The van der Waals surface area contributed by atoms with Gasteiger partial charge in [-0.2, -0.15) is 0 Å². The SMILES string of the molecule is O=C(NCC(C(=O)O)N1CCCC1)OCC1c2ccccc2-c2ccccc21. The minimum Gasteiger partial charge on any atom is -0.480 e. The number of amides is 1. The number of ether oxygens (including phenoxy) is 1. The molecule has 1 aliphatic heterocycles. The van der Waals surface area contributed by atoms with Gasteiger partial charge in [0.1, 0.15) is 12.6 Å². The van der Waals surface area contributed by atoms with E-state index in [2.05, 4.69) is 29.6 Å². The van der Waals surface area contributed by atoms with Gasteiger partial charge in [-0.1, -0.05) is 48.5 Å². The Morgan fingerprint density at radius 3 is 2.18 bits per heavy atom. The van der Waals surface area contributed by atoms with Crippen molar-refractivity contribution < 1.29 is 19.4 Å². The van der Waals surface area contributed by atoms with Crippen molar-refractivity contribution >= 4 is 12.1 Å². The minimum absolute atomic E-state index is 0.00740. The quantitative estimate of drug-likeness (QED) is 0.805. The molecule has 2 aliphatic rings. The summed E-state index contributed by atoms with van der Waals surface area (Å²) in [5, 5.41) is 12.1. The Morgan fingerprint density at radius 2 is 1.61 bits per heavy atom. The highest BCUT2D eigenvalue weighted by atomic mass is 16.5. The Morgan fingerprint density at radius 1 is 1.04 bits per heavy atom. The molecule has 1 aliphatic carbocycles. The number of nitrogens with zero attached hydrogens (tertiary/aromatic N) is 1. The van der Waals surface area contributed by atoms with Gasteiger partial charge in [0.15, 0.2) is 0 Å². The molecule has 2 aromatic rings. The number of likely N-dealkylation sites (tertiary alicyclic amines) is 1. The number of benzene rings is 2. The molecule has 0 bridgehead atoms. The fourth-order valence-electron chi connectivity index (χ4n) is 4.26. The zero-order valence-corrected chi connectivity index (χ0v) is 15.6. The summed E-state index contributed by atoms with van der Waals surface area (Å²) in [6.45, 7) is 1.78. The van der Waals surface area contributed by atoms with E-state index in [-0.39, 0.29) is 19.1 Å². The summed E-state index contributed by atoms with van der Waals surface area (Å²) in [5.74, 6) is -0.923. The van der Waals surface area contributed by atoms with Crippen LogP contribution in [0.3, 0.4) is 0 Å². The van der Waals surface area contributed by atoms with E-state index in [1.807, 2.05) is 29.2 Å². The van der Waals surface area contributed by atoms with Crippen LogP contribution < -0.4 is 5.32 Å². The highest BCUT2D eigenvalue weighted by Crippen LogP contribution is 2.44. The molecule has 6 heteroatoms. The number of carboxylic acid groups (broad SMARTS) is 1. The third kappa shape index (κ3) is 3.60. The average Bonchev–Trinajstić information content (AvgIpc) is 3.33. The standard InChI is InChI=1S/C22H24N2O4/c25-21(26)20(24-11-5-6-12-24)13-23-22(27)28-14-19-17-9-3-1-7-15(17)16-8-2-4-10-18(16)19/h1-4,7-10,19-20H,5-6,11-14H2,(H,23,27)(H,25,26). The maximum absolute atomic E-state index is 12.2. The van der Waals surface area contributed by atoms with Gasteiger partial charge in [-0.3, -0.25) is 9.69 Å². The first-order valence-corrected chi connectivity index (χ1v) is 9.71. The van der Waals surface area contributed by atoms with E-state index in [9.17, 15) is 14.7 Å². The van der Waals surface area contributed by atoms with Gasteiger partial charge in [0.05, 0.1) is 0 Å². The lowest BCUT2D eigenvalue weighted by atomic mass is 9.98. The first kappa shape index (κ1) is 18.5. The van der Waals surface area contributed by atoms with Crippen LogP contribution in [0.1, 0.15) is 29.9 Å². The molecule has 0 saturated carbocycles. The first-order chi connectivity index (χ1) is 13.6. The van der Waals surface area contributed by atoms with Gasteiger partial charge >= 0.3 is 12.1 Å². The summed E-state index contributed by atoms with van der Waals surface area (Å²) in [5.41, 5.74) is 4.65. The summed E-state index contributed by atoms with van der Waals surface area (Å²) in [7, 11) is 0. The topological polar surface area (TPSA) is 78.9 Å². The Balaban J connectivity index is 1.38. The molecule has 1 unspecified atom stereocenters. The normalized spacial score (nSPS) is 17.0. The van der Waals surface area contributed by atoms with Gasteiger partial charge in [-0.25, -0.2) is 4.79 Å². The predicted molar refractivity (Wildman–Crippen MR) is 105 cm³/mol. The molecule has 146 valence electrons. The maximum atomic E-state index is 12.2. The van der Waals surface area contributed by atoms with Crippen molar-refractivity contribution in [3.63, 3.8) is 0 Å². The second kappa shape index (κ2) is 8.02. The minimum atomic E-state index is -0.916. The molecule has 28 heavy (non-hydrogen) atoms. The predicted octanol–water partition coefficient (Wildman–Crippen LogP) is 3.07. The maximum Gasteiger partial charge on any atom is 0.407 e. The van der Waals surface area contributed by atoms with Crippen molar-refractivity contribution in [1.82, 2.24) is 10.2 Å². The van der Waals surface area contributed by atoms with E-state index in [1.54, 1.807) is 0 Å². The van der Waals surface area contributed by atoms with Crippen molar-refractivity contribution in [2.45, 2.75) is 24.8 Å². The van der Waals surface area contributed by atoms with Gasteiger partial charge in [0, 0.05) is 12.5 Å². The largest absolute Gasteiger partial charge is 0.480 e. The number of hydrogen-bond donors (Lipinski definition) is 2. The molecule has 1 atom stereocenters. The summed E-state index contributed by atoms with van der Waals surface area (Å²) >= 11 is 0. The van der Waals surface area contributed by atoms with Crippen LogP contribution >= 0.6 is 0 Å². The molecule has 1 fully saturated rings. The number of fused-ring (bicyclic) bond motifs is 3. The summed E-state index contributed by atoms with van der Waals surface area (Å²) in [4.78, 5) is 25.6. The third-order valence-electron chi connectivity index (χ3n) is 5.65. The number of carboxylic acids is 1. The van der Waals surface area contributed by atoms with Crippen LogP contribution in [0.5, 0.6) is 0 Å². The van der Waals surface area contributed by atoms with E-state index < -0.39 is 18.1 Å². The number of carbonyl (C=O) groups is 2. The van der Waals surface area contributed by atoms with Crippen LogP contribution in [-0.2, 0) is 9.53 Å². The fourth-order valence-corrected chi connectivity index (χ4v) is 4.26. The molecular weight excluding hydrogens is 356 g/mol. The highest BCUT2D eigenvalue weighted by molar-refractivity contribution is 5.79. The monoisotopic (exact) mass is 380 g/mol. The van der Waals surface area contributed by atoms with E-state index >= 15 is 0 Å². The average molecular weight is 380 g/mol. The lowest BCUT2D eigenvalue weighted by Crippen LogP contribution is -2.47. The molecule has 1 heterocycles. The Kier molecular flexibility index (Phi) is 5.30. The summed E-state index contributed by atoms with van der Waals surface area (Å²) in [6, 6.07) is 15.6. The second-order valence-corrected chi connectivity index (χ2v) is 7.30. The molecule has 6 nitrogen and oxygen atoms in total. The molecular formula is C22H24N2O4. The lowest BCUT2D eigenvalue weighted by Gasteiger charge is -2.23. The summed E-state index contributed by atoms with van der Waals surface area (Å²) < 4.78 is 5.47. The van der Waals surface area contributed by atoms with E-state index in [0.29, 0.717) is 0 Å². The molecule has 1 saturated heterocycles. The number of hydrogen-bond acceptors (Lipinski definition) is 4. The Hall–Kier alpha value is -2.86. The zero-order valence-electron chi connectivity index (χ0n) is 15.6. The number of rotatable bonds is 6.